The third-order valence-electron chi connectivity index (χ3n) is 4.35. The molecule has 90 valence electrons. The van der Waals surface area contributed by atoms with Gasteiger partial charge in [-0.15, -0.1) is 6.42 Å². The zero-order chi connectivity index (χ0) is 12.6. The maximum atomic E-state index is 5.34. The molecule has 0 unspecified atom stereocenters. The van der Waals surface area contributed by atoms with Crippen molar-refractivity contribution in [2.24, 2.45) is 0 Å². The highest BCUT2D eigenvalue weighted by Gasteiger charge is 2.27. The average molecular weight is 227 g/mol. The Balaban J connectivity index is 2.49. The van der Waals surface area contributed by atoms with Crippen LogP contribution in [-0.4, -0.2) is 6.54 Å². The summed E-state index contributed by atoms with van der Waals surface area (Å²) in [6, 6.07) is 0.457. The fourth-order valence-electron chi connectivity index (χ4n) is 3.03. The first-order valence-corrected chi connectivity index (χ1v) is 6.33. The predicted octanol–water partition coefficient (Wildman–Crippen LogP) is 3.13. The van der Waals surface area contributed by atoms with Crippen molar-refractivity contribution in [3.05, 3.63) is 33.4 Å². The highest BCUT2D eigenvalue weighted by molar-refractivity contribution is 5.53. The summed E-state index contributed by atoms with van der Waals surface area (Å²) < 4.78 is 0. The molecule has 0 aliphatic heterocycles. The normalized spacial score (nSPS) is 17.9. The summed E-state index contributed by atoms with van der Waals surface area (Å²) in [6.45, 7) is 9.63. The van der Waals surface area contributed by atoms with Crippen molar-refractivity contribution < 1.29 is 0 Å². The molecule has 0 saturated carbocycles. The second kappa shape index (κ2) is 4.55. The Hall–Kier alpha value is -1.26. The molecule has 0 saturated heterocycles. The van der Waals surface area contributed by atoms with Gasteiger partial charge >= 0.3 is 0 Å². The third-order valence-corrected chi connectivity index (χ3v) is 4.35. The van der Waals surface area contributed by atoms with E-state index in [0.29, 0.717) is 12.6 Å². The molecule has 1 nitrogen and oxygen atoms in total. The molecule has 1 aliphatic carbocycles. The van der Waals surface area contributed by atoms with Crippen LogP contribution in [0.4, 0.5) is 0 Å². The van der Waals surface area contributed by atoms with E-state index in [2.05, 4.69) is 38.9 Å². The quantitative estimate of drug-likeness (QED) is 0.765. The fourth-order valence-corrected chi connectivity index (χ4v) is 3.03. The van der Waals surface area contributed by atoms with E-state index in [1.165, 1.54) is 40.7 Å². The molecule has 1 aromatic rings. The largest absolute Gasteiger partial charge is 0.299 e. The van der Waals surface area contributed by atoms with Crippen molar-refractivity contribution in [1.82, 2.24) is 5.32 Å². The standard InChI is InChI=1S/C16H21N/c1-6-9-17-15-8-7-14-12(4)10(2)11(3)13(5)16(14)15/h1,15,17H,7-9H2,2-5H3/t15-/m1/s1. The van der Waals surface area contributed by atoms with Crippen LogP contribution < -0.4 is 5.32 Å². The number of benzene rings is 1. The monoisotopic (exact) mass is 227 g/mol. The first-order valence-electron chi connectivity index (χ1n) is 6.33. The number of rotatable bonds is 2. The Morgan fingerprint density at radius 3 is 2.41 bits per heavy atom. The summed E-state index contributed by atoms with van der Waals surface area (Å²) in [5.41, 5.74) is 8.90. The van der Waals surface area contributed by atoms with Crippen molar-refractivity contribution >= 4 is 0 Å². The van der Waals surface area contributed by atoms with Crippen LogP contribution in [0, 0.1) is 40.0 Å². The SMILES string of the molecule is C#CCN[C@@H]1CCc2c(C)c(C)c(C)c(C)c21. The molecule has 0 heterocycles. The van der Waals surface area contributed by atoms with Crippen molar-refractivity contribution in [3.8, 4) is 12.3 Å². The van der Waals surface area contributed by atoms with E-state index < -0.39 is 0 Å². The second-order valence-corrected chi connectivity index (χ2v) is 5.07. The van der Waals surface area contributed by atoms with Gasteiger partial charge in [0.05, 0.1) is 6.54 Å². The lowest BCUT2D eigenvalue weighted by Gasteiger charge is -2.20. The summed E-state index contributed by atoms with van der Waals surface area (Å²) in [5, 5.41) is 3.47. The van der Waals surface area contributed by atoms with Crippen LogP contribution in [0.5, 0.6) is 0 Å². The minimum absolute atomic E-state index is 0.457. The van der Waals surface area contributed by atoms with Crippen LogP contribution in [0.1, 0.15) is 45.8 Å². The van der Waals surface area contributed by atoms with E-state index in [-0.39, 0.29) is 0 Å². The molecule has 0 amide bonds. The van der Waals surface area contributed by atoms with Crippen molar-refractivity contribution in [3.63, 3.8) is 0 Å². The van der Waals surface area contributed by atoms with E-state index in [1.54, 1.807) is 5.56 Å². The van der Waals surface area contributed by atoms with Gasteiger partial charge in [0.2, 0.25) is 0 Å². The zero-order valence-electron chi connectivity index (χ0n) is 11.3. The first-order chi connectivity index (χ1) is 8.07. The lowest BCUT2D eigenvalue weighted by atomic mass is 9.89. The highest BCUT2D eigenvalue weighted by atomic mass is 14.9. The molecular formula is C16H21N. The van der Waals surface area contributed by atoms with Gasteiger partial charge in [-0.05, 0) is 73.9 Å². The van der Waals surface area contributed by atoms with Crippen LogP contribution in [0.3, 0.4) is 0 Å². The van der Waals surface area contributed by atoms with Gasteiger partial charge in [0.15, 0.2) is 0 Å². The molecule has 0 radical (unpaired) electrons. The van der Waals surface area contributed by atoms with Gasteiger partial charge in [0, 0.05) is 6.04 Å². The molecule has 0 aromatic heterocycles. The number of hydrogen-bond acceptors (Lipinski definition) is 1. The zero-order valence-corrected chi connectivity index (χ0v) is 11.3. The number of fused-ring (bicyclic) bond motifs is 1. The third kappa shape index (κ3) is 1.87. The summed E-state index contributed by atoms with van der Waals surface area (Å²) in [6.07, 6.45) is 7.70. The Morgan fingerprint density at radius 1 is 1.12 bits per heavy atom. The molecule has 1 aliphatic rings. The second-order valence-electron chi connectivity index (χ2n) is 5.07. The van der Waals surface area contributed by atoms with Gasteiger partial charge in [-0.3, -0.25) is 5.32 Å². The predicted molar refractivity (Wildman–Crippen MR) is 73.3 cm³/mol. The van der Waals surface area contributed by atoms with Gasteiger partial charge in [-0.25, -0.2) is 0 Å². The molecular weight excluding hydrogens is 206 g/mol. The summed E-state index contributed by atoms with van der Waals surface area (Å²) in [4.78, 5) is 0. The molecule has 0 spiro atoms. The number of nitrogens with one attached hydrogen (secondary N) is 1. The van der Waals surface area contributed by atoms with Crippen LogP contribution in [-0.2, 0) is 6.42 Å². The maximum Gasteiger partial charge on any atom is 0.0578 e. The topological polar surface area (TPSA) is 12.0 Å². The van der Waals surface area contributed by atoms with Gasteiger partial charge in [-0.1, -0.05) is 5.92 Å². The van der Waals surface area contributed by atoms with Gasteiger partial charge in [0.25, 0.3) is 0 Å². The number of hydrogen-bond donors (Lipinski definition) is 1. The van der Waals surface area contributed by atoms with Crippen molar-refractivity contribution in [2.45, 2.75) is 46.6 Å². The minimum atomic E-state index is 0.457. The molecule has 17 heavy (non-hydrogen) atoms. The van der Waals surface area contributed by atoms with Crippen LogP contribution in [0.25, 0.3) is 0 Å². The maximum absolute atomic E-state index is 5.34. The van der Waals surface area contributed by atoms with Gasteiger partial charge in [-0.2, -0.15) is 0 Å². The van der Waals surface area contributed by atoms with E-state index >= 15 is 0 Å². The van der Waals surface area contributed by atoms with E-state index in [4.69, 9.17) is 6.42 Å². The molecule has 0 fully saturated rings. The Labute approximate surface area is 105 Å². The molecule has 0 bridgehead atoms. The fraction of sp³-hybridized carbons (Fsp3) is 0.500. The Kier molecular flexibility index (Phi) is 3.26. The van der Waals surface area contributed by atoms with Crippen LogP contribution in [0.2, 0.25) is 0 Å². The Bertz CT molecular complexity index is 491. The number of terminal acetylenes is 1. The average Bonchev–Trinajstić information content (AvgIpc) is 2.75. The molecule has 1 atom stereocenters. The van der Waals surface area contributed by atoms with Crippen molar-refractivity contribution in [2.75, 3.05) is 6.54 Å². The molecule has 1 N–H and O–H groups in total. The van der Waals surface area contributed by atoms with E-state index in [1.807, 2.05) is 0 Å². The summed E-state index contributed by atoms with van der Waals surface area (Å²) in [5.74, 6) is 2.67. The van der Waals surface area contributed by atoms with Gasteiger partial charge < -0.3 is 0 Å². The molecule has 2 rings (SSSR count). The Morgan fingerprint density at radius 2 is 1.76 bits per heavy atom. The van der Waals surface area contributed by atoms with E-state index in [0.717, 1.165) is 0 Å². The van der Waals surface area contributed by atoms with E-state index in [9.17, 15) is 0 Å². The smallest absolute Gasteiger partial charge is 0.0578 e. The molecule has 1 aromatic carbocycles. The van der Waals surface area contributed by atoms with Crippen LogP contribution in [0.15, 0.2) is 0 Å². The summed E-state index contributed by atoms with van der Waals surface area (Å²) in [7, 11) is 0. The first kappa shape index (κ1) is 12.2. The van der Waals surface area contributed by atoms with Gasteiger partial charge in [0.1, 0.15) is 0 Å². The minimum Gasteiger partial charge on any atom is -0.299 e. The lowest BCUT2D eigenvalue weighted by Crippen LogP contribution is -2.20. The lowest BCUT2D eigenvalue weighted by molar-refractivity contribution is 0.566. The molecule has 1 heteroatoms. The van der Waals surface area contributed by atoms with Crippen LogP contribution >= 0.6 is 0 Å². The van der Waals surface area contributed by atoms with Crippen molar-refractivity contribution in [1.29, 1.82) is 0 Å². The summed E-state index contributed by atoms with van der Waals surface area (Å²) >= 11 is 0. The highest BCUT2D eigenvalue weighted by Crippen LogP contribution is 2.38.